The van der Waals surface area contributed by atoms with E-state index in [-0.39, 0.29) is 41.4 Å². The van der Waals surface area contributed by atoms with Gasteiger partial charge in [0.15, 0.2) is 0 Å². The first kappa shape index (κ1) is 20.8. The summed E-state index contributed by atoms with van der Waals surface area (Å²) in [7, 11) is 0. The van der Waals surface area contributed by atoms with E-state index in [9.17, 15) is 14.4 Å². The van der Waals surface area contributed by atoms with Gasteiger partial charge in [-0.1, -0.05) is 25.9 Å². The second-order valence-corrected chi connectivity index (χ2v) is 9.35. The zero-order chi connectivity index (χ0) is 20.9. The number of nitrogens with zero attached hydrogens (tertiary/aromatic N) is 1. The quantitative estimate of drug-likeness (QED) is 0.414. The Morgan fingerprint density at radius 2 is 1.68 bits per heavy atom. The first-order chi connectivity index (χ1) is 13.0. The van der Waals surface area contributed by atoms with Gasteiger partial charge >= 0.3 is 17.9 Å². The number of esters is 2. The van der Waals surface area contributed by atoms with E-state index in [4.69, 9.17) is 14.3 Å². The Bertz CT molecular complexity index is 732. The molecule has 3 fully saturated rings. The summed E-state index contributed by atoms with van der Waals surface area (Å²) in [6.45, 7) is 10.7. The van der Waals surface area contributed by atoms with Gasteiger partial charge in [0.25, 0.3) is 0 Å². The lowest BCUT2D eigenvalue weighted by molar-refractivity contribution is -0.164. The molecule has 0 aromatic heterocycles. The maximum absolute atomic E-state index is 12.0. The van der Waals surface area contributed by atoms with E-state index in [1.54, 1.807) is 0 Å². The van der Waals surface area contributed by atoms with Crippen LogP contribution in [0.4, 0.5) is 0 Å². The topological polar surface area (TPSA) is 91.3 Å². The van der Waals surface area contributed by atoms with Gasteiger partial charge in [0.1, 0.15) is 12.7 Å². The van der Waals surface area contributed by atoms with Gasteiger partial charge in [0.05, 0.1) is 11.1 Å². The predicted molar refractivity (Wildman–Crippen MR) is 101 cm³/mol. The van der Waals surface area contributed by atoms with Crippen LogP contribution in [0.5, 0.6) is 0 Å². The lowest BCUT2D eigenvalue weighted by Crippen LogP contribution is -2.52. The minimum atomic E-state index is -0.679. The average Bonchev–Trinajstić information content (AvgIpc) is 2.89. The number of carbonyl (C=O) groups excluding carboxylic acids is 3. The van der Waals surface area contributed by atoms with Crippen LogP contribution in [0.1, 0.15) is 67.2 Å². The summed E-state index contributed by atoms with van der Waals surface area (Å²) in [6.07, 6.45) is 3.25. The Labute approximate surface area is 166 Å². The minimum absolute atomic E-state index is 0.0250. The third-order valence-electron chi connectivity index (χ3n) is 7.91. The summed E-state index contributed by atoms with van der Waals surface area (Å²) in [6, 6.07) is 0. The Balaban J connectivity index is 2.11. The van der Waals surface area contributed by atoms with Crippen molar-refractivity contribution in [3.63, 3.8) is 0 Å². The van der Waals surface area contributed by atoms with Crippen LogP contribution in [0.2, 0.25) is 0 Å². The van der Waals surface area contributed by atoms with Crippen LogP contribution in [0.3, 0.4) is 0 Å². The van der Waals surface area contributed by atoms with E-state index >= 15 is 0 Å². The van der Waals surface area contributed by atoms with Crippen LogP contribution in [0.25, 0.3) is 0 Å². The fourth-order valence-corrected chi connectivity index (χ4v) is 6.32. The lowest BCUT2D eigenvalue weighted by atomic mass is 9.62. The van der Waals surface area contributed by atoms with Gasteiger partial charge in [-0.05, 0) is 37.0 Å². The van der Waals surface area contributed by atoms with Crippen molar-refractivity contribution in [2.24, 2.45) is 33.2 Å². The standard InChI is InChI=1S/C21H31NO6/c1-12(23)26-11-19(4)16(22-28-14(3)25)8-10-20(5)15-7-9-21(20,6)18(17(15)19)27-13(2)24/h15,17-18H,7-11H2,1-6H3/b22-16+/t15?,17?,18?,19-,20?,21?/m1/s1. The molecule has 7 nitrogen and oxygen atoms in total. The molecular formula is C21H31NO6. The van der Waals surface area contributed by atoms with Crippen molar-refractivity contribution in [1.29, 1.82) is 0 Å². The molecule has 0 heterocycles. The van der Waals surface area contributed by atoms with Crippen LogP contribution in [-0.4, -0.2) is 36.3 Å². The molecule has 156 valence electrons. The molecule has 3 rings (SSSR count). The Morgan fingerprint density at radius 1 is 1.00 bits per heavy atom. The molecule has 4 bridgehead atoms. The SMILES string of the molecule is CC(=O)OC[C@]1(C)/C(=N/OC(C)=O)CCC2(C)C3CCC2(C)C(OC(C)=O)C31. The van der Waals surface area contributed by atoms with Crippen molar-refractivity contribution in [2.45, 2.75) is 73.3 Å². The molecule has 6 atom stereocenters. The highest BCUT2D eigenvalue weighted by Gasteiger charge is 2.74. The third-order valence-corrected chi connectivity index (χ3v) is 7.91. The first-order valence-corrected chi connectivity index (χ1v) is 10.0. The molecule has 7 heteroatoms. The molecule has 5 unspecified atom stereocenters. The van der Waals surface area contributed by atoms with E-state index in [2.05, 4.69) is 19.0 Å². The van der Waals surface area contributed by atoms with E-state index < -0.39 is 11.4 Å². The number of oxime groups is 1. The lowest BCUT2D eigenvalue weighted by Gasteiger charge is -2.47. The minimum Gasteiger partial charge on any atom is -0.465 e. The van der Waals surface area contributed by atoms with Crippen molar-refractivity contribution >= 4 is 23.6 Å². The second-order valence-electron chi connectivity index (χ2n) is 9.35. The van der Waals surface area contributed by atoms with Gasteiger partial charge in [-0.3, -0.25) is 9.59 Å². The molecule has 0 aromatic carbocycles. The zero-order valence-electron chi connectivity index (χ0n) is 17.7. The third kappa shape index (κ3) is 2.94. The summed E-state index contributed by atoms with van der Waals surface area (Å²) >= 11 is 0. The van der Waals surface area contributed by atoms with Crippen molar-refractivity contribution < 1.29 is 28.7 Å². The fraction of sp³-hybridized carbons (Fsp3) is 0.810. The smallest absolute Gasteiger partial charge is 0.331 e. The van der Waals surface area contributed by atoms with Gasteiger partial charge in [0.2, 0.25) is 0 Å². The second kappa shape index (κ2) is 6.85. The molecule has 0 spiro atoms. The molecule has 0 amide bonds. The number of carbonyl (C=O) groups is 3. The Morgan fingerprint density at radius 3 is 2.25 bits per heavy atom. The zero-order valence-corrected chi connectivity index (χ0v) is 17.7. The highest BCUT2D eigenvalue weighted by molar-refractivity contribution is 5.91. The summed E-state index contributed by atoms with van der Waals surface area (Å²) in [5.74, 6) is -0.921. The number of hydrogen-bond donors (Lipinski definition) is 0. The van der Waals surface area contributed by atoms with Gasteiger partial charge in [-0.25, -0.2) is 4.79 Å². The number of rotatable bonds is 4. The molecular weight excluding hydrogens is 362 g/mol. The molecule has 0 aromatic rings. The monoisotopic (exact) mass is 393 g/mol. The van der Waals surface area contributed by atoms with Crippen LogP contribution in [-0.2, 0) is 28.7 Å². The molecule has 3 aliphatic carbocycles. The number of ether oxygens (including phenoxy) is 2. The van der Waals surface area contributed by atoms with Crippen LogP contribution < -0.4 is 0 Å². The van der Waals surface area contributed by atoms with Gasteiger partial charge in [-0.2, -0.15) is 0 Å². The van der Waals surface area contributed by atoms with E-state index in [0.717, 1.165) is 19.3 Å². The highest BCUT2D eigenvalue weighted by atomic mass is 16.7. The van der Waals surface area contributed by atoms with Gasteiger partial charge in [-0.15, -0.1) is 0 Å². The van der Waals surface area contributed by atoms with Crippen LogP contribution >= 0.6 is 0 Å². The fourth-order valence-electron chi connectivity index (χ4n) is 6.32. The Kier molecular flexibility index (Phi) is 5.09. The van der Waals surface area contributed by atoms with Gasteiger partial charge < -0.3 is 14.3 Å². The van der Waals surface area contributed by atoms with Crippen molar-refractivity contribution in [1.82, 2.24) is 0 Å². The summed E-state index contributed by atoms with van der Waals surface area (Å²) < 4.78 is 11.4. The summed E-state index contributed by atoms with van der Waals surface area (Å²) in [4.78, 5) is 39.9. The molecule has 3 aliphatic rings. The largest absolute Gasteiger partial charge is 0.465 e. The van der Waals surface area contributed by atoms with Crippen molar-refractivity contribution in [3.8, 4) is 0 Å². The van der Waals surface area contributed by atoms with Crippen LogP contribution in [0, 0.1) is 28.1 Å². The maximum atomic E-state index is 12.0. The van der Waals surface area contributed by atoms with E-state index in [1.807, 2.05) is 6.92 Å². The first-order valence-electron chi connectivity index (χ1n) is 10.0. The number of hydrogen-bond acceptors (Lipinski definition) is 7. The molecule has 28 heavy (non-hydrogen) atoms. The summed E-state index contributed by atoms with van der Waals surface area (Å²) in [5, 5.41) is 4.18. The molecule has 0 aliphatic heterocycles. The average molecular weight is 393 g/mol. The van der Waals surface area contributed by atoms with E-state index in [0.29, 0.717) is 18.1 Å². The van der Waals surface area contributed by atoms with Crippen molar-refractivity contribution in [3.05, 3.63) is 0 Å². The van der Waals surface area contributed by atoms with E-state index in [1.165, 1.54) is 20.8 Å². The van der Waals surface area contributed by atoms with Gasteiger partial charge in [0, 0.05) is 32.1 Å². The highest BCUT2D eigenvalue weighted by Crippen LogP contribution is 2.74. The summed E-state index contributed by atoms with van der Waals surface area (Å²) in [5.41, 5.74) is -0.146. The van der Waals surface area contributed by atoms with Crippen molar-refractivity contribution in [2.75, 3.05) is 6.61 Å². The molecule has 0 saturated heterocycles. The molecule has 0 N–H and O–H groups in total. The molecule has 0 radical (unpaired) electrons. The predicted octanol–water partition coefficient (Wildman–Crippen LogP) is 3.25. The normalized spacial score (nSPS) is 42.8. The van der Waals surface area contributed by atoms with Crippen LogP contribution in [0.15, 0.2) is 5.16 Å². The Hall–Kier alpha value is -1.92. The molecule has 3 saturated carbocycles. The maximum Gasteiger partial charge on any atom is 0.331 e.